The highest BCUT2D eigenvalue weighted by Gasteiger charge is 2.53. The van der Waals surface area contributed by atoms with Gasteiger partial charge in [-0.2, -0.15) is 0 Å². The van der Waals surface area contributed by atoms with Gasteiger partial charge in [-0.05, 0) is 80.5 Å². The summed E-state index contributed by atoms with van der Waals surface area (Å²) in [6.07, 6.45) is 8.70. The molecule has 1 heterocycles. The van der Waals surface area contributed by atoms with Crippen molar-refractivity contribution in [1.29, 1.82) is 0 Å². The number of amides is 2. The van der Waals surface area contributed by atoms with Crippen LogP contribution in [0.4, 0.5) is 5.69 Å². The predicted molar refractivity (Wildman–Crippen MR) is 102 cm³/mol. The van der Waals surface area contributed by atoms with E-state index in [0.717, 1.165) is 28.8 Å². The largest absolute Gasteiger partial charge is 0.335 e. The highest BCUT2D eigenvalue weighted by atomic mass is 79.9. The van der Waals surface area contributed by atoms with Crippen molar-refractivity contribution < 1.29 is 14.9 Å². The van der Waals surface area contributed by atoms with E-state index in [1.165, 1.54) is 43.4 Å². The molecule has 5 fully saturated rings. The molecule has 2 N–H and O–H groups in total. The number of carbonyl (C=O) groups is 2. The Balaban J connectivity index is 1.28. The van der Waals surface area contributed by atoms with Crippen molar-refractivity contribution in [2.45, 2.75) is 51.0 Å². The lowest BCUT2D eigenvalue weighted by atomic mass is 9.49. The molecule has 0 unspecified atom stereocenters. The van der Waals surface area contributed by atoms with Gasteiger partial charge in [-0.1, -0.05) is 15.9 Å². The summed E-state index contributed by atoms with van der Waals surface area (Å²) in [6.45, 7) is 1.02. The third kappa shape index (κ3) is 2.84. The lowest BCUT2D eigenvalue weighted by molar-refractivity contribution is -0.687. The van der Waals surface area contributed by atoms with Crippen LogP contribution in [-0.4, -0.2) is 24.4 Å². The average molecular weight is 418 g/mol. The second-order valence-corrected chi connectivity index (χ2v) is 10.1. The minimum Gasteiger partial charge on any atom is -0.335 e. The first-order valence-corrected chi connectivity index (χ1v) is 10.8. The van der Waals surface area contributed by atoms with Crippen molar-refractivity contribution >= 4 is 33.4 Å². The molecular formula is C21H26BrN2O2+. The van der Waals surface area contributed by atoms with Gasteiger partial charge in [0.25, 0.3) is 5.91 Å². The van der Waals surface area contributed by atoms with Gasteiger partial charge in [-0.15, -0.1) is 0 Å². The number of rotatable bonds is 4. The van der Waals surface area contributed by atoms with Gasteiger partial charge in [0, 0.05) is 9.89 Å². The quantitative estimate of drug-likeness (QED) is 0.765. The lowest BCUT2D eigenvalue weighted by Crippen LogP contribution is -2.94. The summed E-state index contributed by atoms with van der Waals surface area (Å²) in [7, 11) is 0. The SMILES string of the molecule is O=C1C[C@H]([NH2+]CC23CC4CC(CC(C4)C2)C3)C(=O)N1c1ccc(Br)cc1. The summed E-state index contributed by atoms with van der Waals surface area (Å²) in [5.74, 6) is 2.67. The molecule has 1 atom stereocenters. The standard InChI is InChI=1S/C21H25BrN2O2/c22-16-1-3-17(4-2-16)24-19(25)8-18(20(24)26)23-12-21-9-13-5-14(10-21)7-15(6-13)11-21/h1-4,13-15,18,23H,5-12H2/p+1/t13?,14?,15?,18-,21?/m0/s1. The number of nitrogens with two attached hydrogens (primary N) is 1. The zero-order valence-corrected chi connectivity index (χ0v) is 16.6. The van der Waals surface area contributed by atoms with Crippen LogP contribution in [0.25, 0.3) is 0 Å². The minimum atomic E-state index is -0.237. The lowest BCUT2D eigenvalue weighted by Gasteiger charge is -2.56. The zero-order valence-electron chi connectivity index (χ0n) is 15.0. The molecule has 6 rings (SSSR count). The monoisotopic (exact) mass is 417 g/mol. The highest BCUT2D eigenvalue weighted by molar-refractivity contribution is 9.10. The van der Waals surface area contributed by atoms with Gasteiger partial charge in [0.05, 0.1) is 18.7 Å². The molecule has 0 radical (unpaired) electrons. The summed E-state index contributed by atoms with van der Waals surface area (Å²) < 4.78 is 0.949. The number of halogens is 1. The molecule has 1 saturated heterocycles. The van der Waals surface area contributed by atoms with Crippen LogP contribution in [0.5, 0.6) is 0 Å². The summed E-state index contributed by atoms with van der Waals surface area (Å²) in [5.41, 5.74) is 1.12. The summed E-state index contributed by atoms with van der Waals surface area (Å²) in [5, 5.41) is 2.20. The molecule has 1 aliphatic heterocycles. The van der Waals surface area contributed by atoms with Crippen LogP contribution in [0.2, 0.25) is 0 Å². The van der Waals surface area contributed by atoms with E-state index < -0.39 is 0 Å². The van der Waals surface area contributed by atoms with Gasteiger partial charge in [0.15, 0.2) is 6.04 Å². The third-order valence-corrected chi connectivity index (χ3v) is 7.80. The third-order valence-electron chi connectivity index (χ3n) is 7.27. The molecule has 0 aromatic heterocycles. The Morgan fingerprint density at radius 2 is 1.58 bits per heavy atom. The van der Waals surface area contributed by atoms with E-state index in [1.807, 2.05) is 24.3 Å². The second-order valence-electron chi connectivity index (χ2n) is 9.21. The van der Waals surface area contributed by atoms with Gasteiger partial charge in [0.1, 0.15) is 0 Å². The van der Waals surface area contributed by atoms with Crippen LogP contribution in [0.3, 0.4) is 0 Å². The van der Waals surface area contributed by atoms with E-state index in [1.54, 1.807) is 0 Å². The molecule has 1 aromatic rings. The van der Waals surface area contributed by atoms with Crippen molar-refractivity contribution in [3.63, 3.8) is 0 Å². The van der Waals surface area contributed by atoms with Crippen molar-refractivity contribution in [3.05, 3.63) is 28.7 Å². The van der Waals surface area contributed by atoms with Crippen molar-refractivity contribution in [2.24, 2.45) is 23.2 Å². The van der Waals surface area contributed by atoms with Gasteiger partial charge in [-0.25, -0.2) is 4.90 Å². The van der Waals surface area contributed by atoms with Crippen LogP contribution in [0, 0.1) is 23.2 Å². The fourth-order valence-corrected chi connectivity index (χ4v) is 6.90. The van der Waals surface area contributed by atoms with Crippen LogP contribution in [0.15, 0.2) is 28.7 Å². The van der Waals surface area contributed by atoms with Crippen LogP contribution < -0.4 is 10.2 Å². The Labute approximate surface area is 162 Å². The number of carbonyl (C=O) groups excluding carboxylic acids is 2. The molecule has 4 aliphatic carbocycles. The normalized spacial score (nSPS) is 38.4. The number of imide groups is 1. The summed E-state index contributed by atoms with van der Waals surface area (Å²) >= 11 is 3.40. The number of benzene rings is 1. The van der Waals surface area contributed by atoms with Crippen LogP contribution in [0.1, 0.15) is 44.9 Å². The van der Waals surface area contributed by atoms with E-state index in [0.29, 0.717) is 17.5 Å². The molecule has 0 spiro atoms. The number of nitrogens with zero attached hydrogens (tertiary/aromatic N) is 1. The maximum atomic E-state index is 12.9. The molecule has 1 aromatic carbocycles. The summed E-state index contributed by atoms with van der Waals surface area (Å²) in [6, 6.07) is 7.19. The van der Waals surface area contributed by atoms with Gasteiger partial charge >= 0.3 is 0 Å². The Kier molecular flexibility index (Phi) is 4.02. The fourth-order valence-electron chi connectivity index (χ4n) is 6.63. The smallest absolute Gasteiger partial charge is 0.292 e. The molecule has 4 nitrogen and oxygen atoms in total. The molecule has 5 aliphatic rings. The molecule has 5 heteroatoms. The van der Waals surface area contributed by atoms with Gasteiger partial charge in [-0.3, -0.25) is 9.59 Å². The molecule has 26 heavy (non-hydrogen) atoms. The van der Waals surface area contributed by atoms with E-state index in [2.05, 4.69) is 21.2 Å². The van der Waals surface area contributed by atoms with E-state index in [4.69, 9.17) is 0 Å². The maximum absolute atomic E-state index is 12.9. The van der Waals surface area contributed by atoms with Crippen molar-refractivity contribution in [2.75, 3.05) is 11.4 Å². The first-order chi connectivity index (χ1) is 12.5. The number of quaternary nitrogens is 1. The topological polar surface area (TPSA) is 54.0 Å². The Morgan fingerprint density at radius 1 is 1.00 bits per heavy atom. The van der Waals surface area contributed by atoms with Crippen molar-refractivity contribution in [3.8, 4) is 0 Å². The fraction of sp³-hybridized carbons (Fsp3) is 0.619. The molecule has 2 amide bonds. The van der Waals surface area contributed by atoms with Gasteiger partial charge < -0.3 is 5.32 Å². The molecule has 4 saturated carbocycles. The van der Waals surface area contributed by atoms with Crippen LogP contribution in [-0.2, 0) is 9.59 Å². The minimum absolute atomic E-state index is 0.0398. The maximum Gasteiger partial charge on any atom is 0.292 e. The molecular weight excluding hydrogens is 392 g/mol. The molecule has 138 valence electrons. The first-order valence-electron chi connectivity index (χ1n) is 9.97. The van der Waals surface area contributed by atoms with Crippen molar-refractivity contribution in [1.82, 2.24) is 0 Å². The first kappa shape index (κ1) is 16.9. The van der Waals surface area contributed by atoms with E-state index in [-0.39, 0.29) is 17.9 Å². The number of hydrogen-bond donors (Lipinski definition) is 1. The zero-order chi connectivity index (χ0) is 17.9. The number of anilines is 1. The Hall–Kier alpha value is -1.20. The Bertz CT molecular complexity index is 710. The predicted octanol–water partition coefficient (Wildman–Crippen LogP) is 2.86. The van der Waals surface area contributed by atoms with Gasteiger partial charge in [0.2, 0.25) is 5.91 Å². The van der Waals surface area contributed by atoms with E-state index in [9.17, 15) is 9.59 Å². The summed E-state index contributed by atoms with van der Waals surface area (Å²) in [4.78, 5) is 26.7. The van der Waals surface area contributed by atoms with E-state index >= 15 is 0 Å². The average Bonchev–Trinajstić information content (AvgIpc) is 2.87. The number of hydrogen-bond acceptors (Lipinski definition) is 2. The highest BCUT2D eigenvalue weighted by Crippen LogP contribution is 2.59. The second kappa shape index (κ2) is 6.16. The Morgan fingerprint density at radius 3 is 2.15 bits per heavy atom. The van der Waals surface area contributed by atoms with Crippen LogP contribution >= 0.6 is 15.9 Å². The molecule has 4 bridgehead atoms.